The van der Waals surface area contributed by atoms with Crippen LogP contribution in [0.3, 0.4) is 0 Å². The van der Waals surface area contributed by atoms with Gasteiger partial charge < -0.3 is 11.1 Å². The van der Waals surface area contributed by atoms with E-state index in [0.717, 1.165) is 19.3 Å². The summed E-state index contributed by atoms with van der Waals surface area (Å²) in [7, 11) is -3.08. The van der Waals surface area contributed by atoms with E-state index in [1.807, 2.05) is 13.8 Å². The lowest BCUT2D eigenvalue weighted by Gasteiger charge is -2.30. The highest BCUT2D eigenvalue weighted by Crippen LogP contribution is 2.18. The SMILES string of the molecule is CCC(C)C(N)C(=O)NCC1CCN(S(C)(=O)=O)CC1.Cl. The van der Waals surface area contributed by atoms with Crippen molar-refractivity contribution in [2.45, 2.75) is 39.2 Å². The van der Waals surface area contributed by atoms with E-state index in [0.29, 0.717) is 25.6 Å². The molecule has 6 nitrogen and oxygen atoms in total. The van der Waals surface area contributed by atoms with Crippen LogP contribution in [0.5, 0.6) is 0 Å². The molecule has 21 heavy (non-hydrogen) atoms. The van der Waals surface area contributed by atoms with Gasteiger partial charge in [0.2, 0.25) is 15.9 Å². The molecule has 0 aromatic rings. The second kappa shape index (κ2) is 8.92. The summed E-state index contributed by atoms with van der Waals surface area (Å²) in [5.74, 6) is 0.396. The van der Waals surface area contributed by atoms with Crippen molar-refractivity contribution in [3.8, 4) is 0 Å². The lowest BCUT2D eigenvalue weighted by molar-refractivity contribution is -0.123. The van der Waals surface area contributed by atoms with Gasteiger partial charge in [0.1, 0.15) is 0 Å². The summed E-state index contributed by atoms with van der Waals surface area (Å²) >= 11 is 0. The number of halogens is 1. The van der Waals surface area contributed by atoms with E-state index in [2.05, 4.69) is 5.32 Å². The maximum atomic E-state index is 11.9. The Hall–Kier alpha value is -0.370. The summed E-state index contributed by atoms with van der Waals surface area (Å²) in [5, 5.41) is 2.89. The highest BCUT2D eigenvalue weighted by atomic mass is 35.5. The minimum atomic E-state index is -3.08. The summed E-state index contributed by atoms with van der Waals surface area (Å²) < 4.78 is 24.3. The minimum absolute atomic E-state index is 0. The molecule has 1 aliphatic heterocycles. The fraction of sp³-hybridized carbons (Fsp3) is 0.923. The van der Waals surface area contributed by atoms with Crippen LogP contribution in [0, 0.1) is 11.8 Å². The smallest absolute Gasteiger partial charge is 0.237 e. The molecule has 2 atom stereocenters. The van der Waals surface area contributed by atoms with Gasteiger partial charge in [0.15, 0.2) is 0 Å². The van der Waals surface area contributed by atoms with Gasteiger partial charge in [-0.25, -0.2) is 12.7 Å². The molecule has 8 heteroatoms. The molecule has 0 spiro atoms. The van der Waals surface area contributed by atoms with Crippen LogP contribution in [0.25, 0.3) is 0 Å². The van der Waals surface area contributed by atoms with Crippen LogP contribution in [0.1, 0.15) is 33.1 Å². The standard InChI is InChI=1S/C13H27N3O3S.ClH/c1-4-10(2)12(14)13(17)15-9-11-5-7-16(8-6-11)20(3,18)19;/h10-12H,4-9,14H2,1-3H3,(H,15,17);1H. The zero-order chi connectivity index (χ0) is 15.3. The second-order valence-electron chi connectivity index (χ2n) is 5.76. The zero-order valence-corrected chi connectivity index (χ0v) is 14.7. The van der Waals surface area contributed by atoms with E-state index in [4.69, 9.17) is 5.73 Å². The number of hydrogen-bond donors (Lipinski definition) is 2. The molecule has 0 bridgehead atoms. The van der Waals surface area contributed by atoms with Crippen molar-refractivity contribution in [2.24, 2.45) is 17.6 Å². The highest BCUT2D eigenvalue weighted by Gasteiger charge is 2.26. The number of nitrogens with two attached hydrogens (primary N) is 1. The Labute approximate surface area is 134 Å². The van der Waals surface area contributed by atoms with Crippen LogP contribution in [0.2, 0.25) is 0 Å². The average Bonchev–Trinajstić information content (AvgIpc) is 2.42. The highest BCUT2D eigenvalue weighted by molar-refractivity contribution is 7.88. The number of amides is 1. The van der Waals surface area contributed by atoms with E-state index < -0.39 is 16.1 Å². The van der Waals surface area contributed by atoms with E-state index in [1.54, 1.807) is 0 Å². The summed E-state index contributed by atoms with van der Waals surface area (Å²) in [6.45, 7) is 5.64. The monoisotopic (exact) mass is 341 g/mol. The minimum Gasteiger partial charge on any atom is -0.354 e. The van der Waals surface area contributed by atoms with Crippen LogP contribution in [-0.2, 0) is 14.8 Å². The first-order valence-corrected chi connectivity index (χ1v) is 9.09. The topological polar surface area (TPSA) is 92.5 Å². The van der Waals surface area contributed by atoms with Crippen molar-refractivity contribution in [1.29, 1.82) is 0 Å². The van der Waals surface area contributed by atoms with Crippen molar-refractivity contribution in [3.63, 3.8) is 0 Å². The Morgan fingerprint density at radius 2 is 1.90 bits per heavy atom. The van der Waals surface area contributed by atoms with E-state index >= 15 is 0 Å². The lowest BCUT2D eigenvalue weighted by Crippen LogP contribution is -2.47. The van der Waals surface area contributed by atoms with Gasteiger partial charge in [0.05, 0.1) is 12.3 Å². The van der Waals surface area contributed by atoms with Gasteiger partial charge >= 0.3 is 0 Å². The Morgan fingerprint density at radius 1 is 1.38 bits per heavy atom. The van der Waals surface area contributed by atoms with E-state index in [-0.39, 0.29) is 24.2 Å². The molecule has 1 saturated heterocycles. The Morgan fingerprint density at radius 3 is 2.33 bits per heavy atom. The van der Waals surface area contributed by atoms with Crippen LogP contribution in [0.15, 0.2) is 0 Å². The summed E-state index contributed by atoms with van der Waals surface area (Å²) in [5.41, 5.74) is 5.87. The van der Waals surface area contributed by atoms with E-state index in [9.17, 15) is 13.2 Å². The number of rotatable bonds is 6. The van der Waals surface area contributed by atoms with E-state index in [1.165, 1.54) is 10.6 Å². The normalized spacial score (nSPS) is 20.4. The van der Waals surface area contributed by atoms with Gasteiger partial charge in [-0.2, -0.15) is 0 Å². The molecule has 0 saturated carbocycles. The van der Waals surface area contributed by atoms with Gasteiger partial charge in [-0.15, -0.1) is 12.4 Å². The van der Waals surface area contributed by atoms with Crippen molar-refractivity contribution in [1.82, 2.24) is 9.62 Å². The lowest BCUT2D eigenvalue weighted by atomic mass is 9.96. The number of carbonyl (C=O) groups excluding carboxylic acids is 1. The Kier molecular flexibility index (Phi) is 8.77. The van der Waals surface area contributed by atoms with Crippen molar-refractivity contribution < 1.29 is 13.2 Å². The summed E-state index contributed by atoms with van der Waals surface area (Å²) in [6.07, 6.45) is 3.68. The first-order chi connectivity index (χ1) is 9.25. The first-order valence-electron chi connectivity index (χ1n) is 7.24. The number of piperidine rings is 1. The number of carbonyl (C=O) groups is 1. The molecule has 0 aromatic carbocycles. The van der Waals surface area contributed by atoms with Crippen molar-refractivity contribution >= 4 is 28.3 Å². The van der Waals surface area contributed by atoms with Crippen molar-refractivity contribution in [2.75, 3.05) is 25.9 Å². The maximum Gasteiger partial charge on any atom is 0.237 e. The van der Waals surface area contributed by atoms with Crippen LogP contribution in [0.4, 0.5) is 0 Å². The maximum absolute atomic E-state index is 11.9. The third kappa shape index (κ3) is 6.50. The predicted octanol–water partition coefficient (Wildman–Crippen LogP) is 0.569. The van der Waals surface area contributed by atoms with Crippen LogP contribution >= 0.6 is 12.4 Å². The molecule has 0 aliphatic carbocycles. The number of nitrogens with zero attached hydrogens (tertiary/aromatic N) is 1. The van der Waals surface area contributed by atoms with Gasteiger partial charge in [-0.05, 0) is 24.7 Å². The van der Waals surface area contributed by atoms with Gasteiger partial charge in [0, 0.05) is 19.6 Å². The fourth-order valence-electron chi connectivity index (χ4n) is 2.32. The summed E-state index contributed by atoms with van der Waals surface area (Å²) in [6, 6.07) is -0.462. The molecule has 1 amide bonds. The molecular formula is C13H28ClN3O3S. The van der Waals surface area contributed by atoms with Gasteiger partial charge in [-0.1, -0.05) is 20.3 Å². The Bertz CT molecular complexity index is 422. The van der Waals surface area contributed by atoms with Crippen LogP contribution < -0.4 is 11.1 Å². The average molecular weight is 342 g/mol. The largest absolute Gasteiger partial charge is 0.354 e. The van der Waals surface area contributed by atoms with Crippen LogP contribution in [-0.4, -0.2) is 50.6 Å². The number of nitrogens with one attached hydrogen (secondary N) is 1. The molecule has 0 aromatic heterocycles. The molecular weight excluding hydrogens is 314 g/mol. The molecule has 1 heterocycles. The predicted molar refractivity (Wildman–Crippen MR) is 86.8 cm³/mol. The fourth-order valence-corrected chi connectivity index (χ4v) is 3.19. The van der Waals surface area contributed by atoms with Crippen molar-refractivity contribution in [3.05, 3.63) is 0 Å². The zero-order valence-electron chi connectivity index (χ0n) is 13.0. The van der Waals surface area contributed by atoms with Gasteiger partial charge in [-0.3, -0.25) is 4.79 Å². The summed E-state index contributed by atoms with van der Waals surface area (Å²) in [4.78, 5) is 11.9. The number of hydrogen-bond acceptors (Lipinski definition) is 4. The molecule has 3 N–H and O–H groups in total. The third-order valence-corrected chi connectivity index (χ3v) is 5.47. The Balaban J connectivity index is 0.00000400. The van der Waals surface area contributed by atoms with Gasteiger partial charge in [0.25, 0.3) is 0 Å². The number of sulfonamides is 1. The second-order valence-corrected chi connectivity index (χ2v) is 7.74. The first kappa shape index (κ1) is 20.6. The molecule has 1 aliphatic rings. The molecule has 126 valence electrons. The molecule has 2 unspecified atom stereocenters. The quantitative estimate of drug-likeness (QED) is 0.738. The molecule has 1 fully saturated rings. The molecule has 1 rings (SSSR count). The third-order valence-electron chi connectivity index (χ3n) is 4.17. The molecule has 0 radical (unpaired) electrons.